The minimum atomic E-state index is -0.860. The van der Waals surface area contributed by atoms with Crippen LogP contribution in [0.1, 0.15) is 53.1 Å². The third-order valence-corrected chi connectivity index (χ3v) is 4.42. The molecule has 2 aromatic rings. The van der Waals surface area contributed by atoms with Crippen molar-refractivity contribution in [1.29, 1.82) is 0 Å². The molecule has 1 aliphatic carbocycles. The number of nitrogens with one attached hydrogen (secondary N) is 1. The fourth-order valence-corrected chi connectivity index (χ4v) is 3.07. The number of carbonyl (C=O) groups excluding carboxylic acids is 2. The number of fused-ring (bicyclic) bond motifs is 1. The molecule has 1 amide bonds. The summed E-state index contributed by atoms with van der Waals surface area (Å²) in [6, 6.07) is 9.65. The summed E-state index contributed by atoms with van der Waals surface area (Å²) in [5, 5.41) is 3.00. The predicted molar refractivity (Wildman–Crippen MR) is 88.6 cm³/mol. The van der Waals surface area contributed by atoms with Crippen molar-refractivity contribution < 1.29 is 18.7 Å². The zero-order valence-electron chi connectivity index (χ0n) is 13.9. The van der Waals surface area contributed by atoms with Crippen LogP contribution in [-0.4, -0.2) is 18.0 Å². The van der Waals surface area contributed by atoms with Crippen molar-refractivity contribution in [2.45, 2.75) is 45.3 Å². The van der Waals surface area contributed by atoms with Gasteiger partial charge >= 0.3 is 5.97 Å². The molecule has 1 aliphatic rings. The molecule has 5 nitrogen and oxygen atoms in total. The summed E-state index contributed by atoms with van der Waals surface area (Å²) in [6.45, 7) is 3.26. The Hall–Kier alpha value is -2.56. The van der Waals surface area contributed by atoms with Gasteiger partial charge in [-0.15, -0.1) is 0 Å². The smallest absolute Gasteiger partial charge is 0.342 e. The van der Waals surface area contributed by atoms with Crippen LogP contribution in [0.5, 0.6) is 0 Å². The second-order valence-electron chi connectivity index (χ2n) is 6.09. The summed E-state index contributed by atoms with van der Waals surface area (Å²) in [7, 11) is 0. The molecular formula is C19H21NO4. The first-order valence-electron chi connectivity index (χ1n) is 8.19. The number of rotatable bonds is 4. The zero-order chi connectivity index (χ0) is 17.1. The van der Waals surface area contributed by atoms with E-state index in [2.05, 4.69) is 11.4 Å². The van der Waals surface area contributed by atoms with E-state index in [-0.39, 0.29) is 11.9 Å². The molecule has 0 saturated carbocycles. The van der Waals surface area contributed by atoms with E-state index < -0.39 is 12.1 Å². The number of aryl methyl sites for hydroxylation is 2. The highest BCUT2D eigenvalue weighted by atomic mass is 16.5. The molecule has 126 valence electrons. The number of amides is 1. The zero-order valence-corrected chi connectivity index (χ0v) is 13.9. The first kappa shape index (κ1) is 16.3. The van der Waals surface area contributed by atoms with Crippen molar-refractivity contribution in [2.24, 2.45) is 0 Å². The molecule has 1 heterocycles. The Morgan fingerprint density at radius 2 is 2.08 bits per heavy atom. The second-order valence-corrected chi connectivity index (χ2v) is 6.09. The van der Waals surface area contributed by atoms with Crippen molar-refractivity contribution in [1.82, 2.24) is 5.32 Å². The van der Waals surface area contributed by atoms with Gasteiger partial charge in [-0.25, -0.2) is 4.79 Å². The molecule has 0 spiro atoms. The highest BCUT2D eigenvalue weighted by Crippen LogP contribution is 2.29. The van der Waals surface area contributed by atoms with E-state index in [1.807, 2.05) is 18.2 Å². The lowest BCUT2D eigenvalue weighted by molar-refractivity contribution is -0.130. The van der Waals surface area contributed by atoms with Gasteiger partial charge in [-0.1, -0.05) is 24.3 Å². The maximum atomic E-state index is 12.4. The highest BCUT2D eigenvalue weighted by Gasteiger charge is 2.26. The molecule has 24 heavy (non-hydrogen) atoms. The van der Waals surface area contributed by atoms with E-state index in [1.54, 1.807) is 19.9 Å². The average Bonchev–Trinajstić information content (AvgIpc) is 3.01. The minimum absolute atomic E-state index is 0.0285. The van der Waals surface area contributed by atoms with Crippen molar-refractivity contribution >= 4 is 11.9 Å². The summed E-state index contributed by atoms with van der Waals surface area (Å²) in [6.07, 6.45) is 3.53. The Labute approximate surface area is 141 Å². The molecule has 0 bridgehead atoms. The van der Waals surface area contributed by atoms with Gasteiger partial charge in [-0.2, -0.15) is 0 Å². The molecule has 1 aromatic heterocycles. The monoisotopic (exact) mass is 327 g/mol. The van der Waals surface area contributed by atoms with E-state index in [0.717, 1.165) is 24.8 Å². The van der Waals surface area contributed by atoms with Crippen molar-refractivity contribution in [3.63, 3.8) is 0 Å². The normalized spacial score (nSPS) is 17.7. The van der Waals surface area contributed by atoms with Gasteiger partial charge in [-0.05, 0) is 50.3 Å². The predicted octanol–water partition coefficient (Wildman–Crippen LogP) is 3.33. The standard InChI is InChI=1S/C19H21NO4/c1-12-15(10-11-23-12)19(22)24-13(2)18(21)20-17-9-5-7-14-6-3-4-8-16(14)17/h3-4,6,8,10-11,13,17H,5,7,9H2,1-2H3,(H,20,21)/t13-,17+/m0/s1. The molecule has 0 saturated heterocycles. The van der Waals surface area contributed by atoms with E-state index in [0.29, 0.717) is 11.3 Å². The Kier molecular flexibility index (Phi) is 4.69. The van der Waals surface area contributed by atoms with Crippen LogP contribution < -0.4 is 5.32 Å². The maximum Gasteiger partial charge on any atom is 0.342 e. The number of carbonyl (C=O) groups is 2. The van der Waals surface area contributed by atoms with E-state index in [4.69, 9.17) is 9.15 Å². The molecule has 0 unspecified atom stereocenters. The van der Waals surface area contributed by atoms with Gasteiger partial charge in [0.2, 0.25) is 0 Å². The summed E-state index contributed by atoms with van der Waals surface area (Å²) < 4.78 is 10.3. The number of furan rings is 1. The third kappa shape index (κ3) is 3.35. The van der Waals surface area contributed by atoms with Gasteiger partial charge < -0.3 is 14.5 Å². The van der Waals surface area contributed by atoms with Crippen LogP contribution in [0.3, 0.4) is 0 Å². The third-order valence-electron chi connectivity index (χ3n) is 4.42. The molecule has 1 N–H and O–H groups in total. The topological polar surface area (TPSA) is 68.5 Å². The summed E-state index contributed by atoms with van der Waals surface area (Å²) >= 11 is 0. The minimum Gasteiger partial charge on any atom is -0.469 e. The van der Waals surface area contributed by atoms with Crippen LogP contribution in [0.4, 0.5) is 0 Å². The number of hydrogen-bond donors (Lipinski definition) is 1. The van der Waals surface area contributed by atoms with Crippen molar-refractivity contribution in [2.75, 3.05) is 0 Å². The van der Waals surface area contributed by atoms with Crippen molar-refractivity contribution in [3.05, 3.63) is 59.0 Å². The molecule has 0 radical (unpaired) electrons. The lowest BCUT2D eigenvalue weighted by atomic mass is 9.87. The molecule has 0 fully saturated rings. The SMILES string of the molecule is Cc1occc1C(=O)O[C@@H](C)C(=O)N[C@@H]1CCCc2ccccc21. The van der Waals surface area contributed by atoms with Gasteiger partial charge in [0.1, 0.15) is 11.3 Å². The maximum absolute atomic E-state index is 12.4. The molecule has 5 heteroatoms. The summed E-state index contributed by atoms with van der Waals surface area (Å²) in [5.74, 6) is -0.354. The van der Waals surface area contributed by atoms with Gasteiger partial charge in [0.05, 0.1) is 12.3 Å². The molecule has 2 atom stereocenters. The Bertz CT molecular complexity index is 749. The van der Waals surface area contributed by atoms with Crippen LogP contribution in [0, 0.1) is 6.92 Å². The van der Waals surface area contributed by atoms with Crippen LogP contribution >= 0.6 is 0 Å². The Balaban J connectivity index is 1.63. The highest BCUT2D eigenvalue weighted by molar-refractivity contribution is 5.93. The van der Waals surface area contributed by atoms with E-state index >= 15 is 0 Å². The van der Waals surface area contributed by atoms with Crippen LogP contribution in [0.2, 0.25) is 0 Å². The van der Waals surface area contributed by atoms with Crippen LogP contribution in [0.25, 0.3) is 0 Å². The van der Waals surface area contributed by atoms with E-state index in [9.17, 15) is 9.59 Å². The largest absolute Gasteiger partial charge is 0.469 e. The van der Waals surface area contributed by atoms with Gasteiger partial charge in [0, 0.05) is 0 Å². The van der Waals surface area contributed by atoms with Crippen molar-refractivity contribution in [3.8, 4) is 0 Å². The number of esters is 1. The molecule has 1 aromatic carbocycles. The van der Waals surface area contributed by atoms with Crippen LogP contribution in [0.15, 0.2) is 41.0 Å². The fraction of sp³-hybridized carbons (Fsp3) is 0.368. The summed E-state index contributed by atoms with van der Waals surface area (Å²) in [5.41, 5.74) is 2.77. The quantitative estimate of drug-likeness (QED) is 0.875. The van der Waals surface area contributed by atoms with Gasteiger partial charge in [0.25, 0.3) is 5.91 Å². The first-order valence-corrected chi connectivity index (χ1v) is 8.19. The first-order chi connectivity index (χ1) is 11.6. The lowest BCUT2D eigenvalue weighted by Gasteiger charge is -2.27. The fourth-order valence-electron chi connectivity index (χ4n) is 3.07. The molecular weight excluding hydrogens is 306 g/mol. The average molecular weight is 327 g/mol. The number of ether oxygens (including phenoxy) is 1. The van der Waals surface area contributed by atoms with E-state index in [1.165, 1.54) is 11.8 Å². The van der Waals surface area contributed by atoms with Gasteiger partial charge in [0.15, 0.2) is 6.10 Å². The van der Waals surface area contributed by atoms with Gasteiger partial charge in [-0.3, -0.25) is 4.79 Å². The molecule has 3 rings (SSSR count). The number of benzene rings is 1. The lowest BCUT2D eigenvalue weighted by Crippen LogP contribution is -2.39. The second kappa shape index (κ2) is 6.91. The number of hydrogen-bond acceptors (Lipinski definition) is 4. The molecule has 0 aliphatic heterocycles. The summed E-state index contributed by atoms with van der Waals surface area (Å²) in [4.78, 5) is 24.5. The Morgan fingerprint density at radius 3 is 2.83 bits per heavy atom. The Morgan fingerprint density at radius 1 is 1.29 bits per heavy atom. The van der Waals surface area contributed by atoms with Crippen LogP contribution in [-0.2, 0) is 16.0 Å².